The molecule has 0 saturated carbocycles. The van der Waals surface area contributed by atoms with Crippen molar-refractivity contribution in [2.75, 3.05) is 18.0 Å². The highest BCUT2D eigenvalue weighted by atomic mass is 79.9. The second-order valence-corrected chi connectivity index (χ2v) is 4.62. The van der Waals surface area contributed by atoms with E-state index in [0.29, 0.717) is 10.8 Å². The van der Waals surface area contributed by atoms with Crippen LogP contribution in [0.3, 0.4) is 0 Å². The number of hydrogen-bond donors (Lipinski definition) is 0. The van der Waals surface area contributed by atoms with Crippen LogP contribution in [0.5, 0.6) is 0 Å². The Morgan fingerprint density at radius 2 is 1.93 bits per heavy atom. The summed E-state index contributed by atoms with van der Waals surface area (Å²) in [6.45, 7) is 6.47. The Morgan fingerprint density at radius 1 is 1.29 bits per heavy atom. The monoisotopic (exact) mass is 258 g/mol. The number of anilines is 1. The van der Waals surface area contributed by atoms with Gasteiger partial charge in [0.15, 0.2) is 0 Å². The van der Waals surface area contributed by atoms with Crippen LogP contribution in [0.4, 0.5) is 5.95 Å². The van der Waals surface area contributed by atoms with E-state index in [1.165, 1.54) is 12.8 Å². The van der Waals surface area contributed by atoms with Gasteiger partial charge >= 0.3 is 0 Å². The standard InChI is InChI=1S/C9H15BrN4/c1-7(2)14-9(11-8(10)12-14)13-5-3-4-6-13/h7H,3-6H2,1-2H3. The number of hydrogen-bond acceptors (Lipinski definition) is 3. The maximum atomic E-state index is 4.41. The molecule has 0 bridgehead atoms. The Kier molecular flexibility index (Phi) is 2.76. The average molecular weight is 259 g/mol. The summed E-state index contributed by atoms with van der Waals surface area (Å²) in [4.78, 5) is 6.71. The van der Waals surface area contributed by atoms with Gasteiger partial charge in [-0.2, -0.15) is 4.98 Å². The Hall–Kier alpha value is -0.580. The number of nitrogens with zero attached hydrogens (tertiary/aromatic N) is 4. The Morgan fingerprint density at radius 3 is 2.50 bits per heavy atom. The molecule has 1 aromatic rings. The molecule has 0 amide bonds. The number of halogens is 1. The minimum atomic E-state index is 0.365. The van der Waals surface area contributed by atoms with Gasteiger partial charge in [-0.3, -0.25) is 0 Å². The zero-order valence-corrected chi connectivity index (χ0v) is 10.2. The lowest BCUT2D eigenvalue weighted by Crippen LogP contribution is -2.23. The van der Waals surface area contributed by atoms with Gasteiger partial charge in [0.05, 0.1) is 6.04 Å². The van der Waals surface area contributed by atoms with Crippen LogP contribution in [-0.2, 0) is 0 Å². The molecule has 1 fully saturated rings. The molecule has 1 aromatic heterocycles. The molecule has 4 nitrogen and oxygen atoms in total. The molecular formula is C9H15BrN4. The summed E-state index contributed by atoms with van der Waals surface area (Å²) in [5, 5.41) is 4.34. The van der Waals surface area contributed by atoms with Gasteiger partial charge in [0.2, 0.25) is 10.7 Å². The third-order valence-corrected chi connectivity index (χ3v) is 2.80. The molecule has 2 heterocycles. The van der Waals surface area contributed by atoms with Crippen molar-refractivity contribution < 1.29 is 0 Å². The molecular weight excluding hydrogens is 244 g/mol. The fourth-order valence-electron chi connectivity index (χ4n) is 1.77. The van der Waals surface area contributed by atoms with E-state index in [4.69, 9.17) is 0 Å². The third-order valence-electron chi connectivity index (χ3n) is 2.47. The van der Waals surface area contributed by atoms with E-state index in [9.17, 15) is 0 Å². The largest absolute Gasteiger partial charge is 0.341 e. The first-order valence-electron chi connectivity index (χ1n) is 5.05. The Labute approximate surface area is 92.4 Å². The normalized spacial score (nSPS) is 17.0. The van der Waals surface area contributed by atoms with Gasteiger partial charge in [0.25, 0.3) is 0 Å². The SMILES string of the molecule is CC(C)n1nc(Br)nc1N1CCCC1. The Bertz CT molecular complexity index is 315. The molecule has 5 heteroatoms. The quantitative estimate of drug-likeness (QED) is 0.816. The van der Waals surface area contributed by atoms with E-state index in [0.717, 1.165) is 19.0 Å². The van der Waals surface area contributed by atoms with Crippen LogP contribution in [0.2, 0.25) is 0 Å². The molecule has 0 N–H and O–H groups in total. The van der Waals surface area contributed by atoms with Crippen molar-refractivity contribution in [3.8, 4) is 0 Å². The highest BCUT2D eigenvalue weighted by Crippen LogP contribution is 2.22. The Balaban J connectivity index is 2.30. The summed E-state index contributed by atoms with van der Waals surface area (Å²) in [5.74, 6) is 1.00. The van der Waals surface area contributed by atoms with Crippen molar-refractivity contribution in [1.29, 1.82) is 0 Å². The fourth-order valence-corrected chi connectivity index (χ4v) is 2.10. The third kappa shape index (κ3) is 1.78. The molecule has 0 spiro atoms. The molecule has 0 radical (unpaired) electrons. The lowest BCUT2D eigenvalue weighted by molar-refractivity contribution is 0.525. The molecule has 78 valence electrons. The minimum absolute atomic E-state index is 0.365. The van der Waals surface area contributed by atoms with E-state index in [2.05, 4.69) is 44.8 Å². The lowest BCUT2D eigenvalue weighted by atomic mass is 10.4. The fraction of sp³-hybridized carbons (Fsp3) is 0.778. The zero-order valence-electron chi connectivity index (χ0n) is 8.57. The van der Waals surface area contributed by atoms with Gasteiger partial charge in [0, 0.05) is 13.1 Å². The first-order valence-corrected chi connectivity index (χ1v) is 5.85. The van der Waals surface area contributed by atoms with Crippen LogP contribution in [0, 0.1) is 0 Å². The topological polar surface area (TPSA) is 34.0 Å². The second-order valence-electron chi connectivity index (χ2n) is 3.91. The molecule has 14 heavy (non-hydrogen) atoms. The van der Waals surface area contributed by atoms with Crippen molar-refractivity contribution in [3.05, 3.63) is 4.73 Å². The summed E-state index contributed by atoms with van der Waals surface area (Å²) in [7, 11) is 0. The van der Waals surface area contributed by atoms with E-state index in [1.54, 1.807) is 0 Å². The van der Waals surface area contributed by atoms with Crippen molar-refractivity contribution in [2.45, 2.75) is 32.7 Å². The first-order chi connectivity index (χ1) is 6.68. The molecule has 0 atom stereocenters. The van der Waals surface area contributed by atoms with E-state index in [1.807, 2.05) is 4.68 Å². The van der Waals surface area contributed by atoms with Gasteiger partial charge in [0.1, 0.15) is 0 Å². The van der Waals surface area contributed by atoms with Crippen molar-refractivity contribution in [3.63, 3.8) is 0 Å². The maximum absolute atomic E-state index is 4.41. The smallest absolute Gasteiger partial charge is 0.225 e. The van der Waals surface area contributed by atoms with E-state index < -0.39 is 0 Å². The van der Waals surface area contributed by atoms with E-state index >= 15 is 0 Å². The molecule has 0 aromatic carbocycles. The molecule has 2 rings (SSSR count). The van der Waals surface area contributed by atoms with Gasteiger partial charge in [-0.05, 0) is 42.6 Å². The number of aromatic nitrogens is 3. The van der Waals surface area contributed by atoms with Crippen LogP contribution in [0.1, 0.15) is 32.7 Å². The summed E-state index contributed by atoms with van der Waals surface area (Å²) < 4.78 is 2.67. The van der Waals surface area contributed by atoms with Crippen LogP contribution >= 0.6 is 15.9 Å². The van der Waals surface area contributed by atoms with Gasteiger partial charge in [-0.15, -0.1) is 5.10 Å². The van der Waals surface area contributed by atoms with Crippen LogP contribution < -0.4 is 4.90 Å². The maximum Gasteiger partial charge on any atom is 0.225 e. The summed E-state index contributed by atoms with van der Waals surface area (Å²) in [5.41, 5.74) is 0. The molecule has 0 unspecified atom stereocenters. The highest BCUT2D eigenvalue weighted by molar-refractivity contribution is 9.10. The predicted octanol–water partition coefficient (Wildman–Crippen LogP) is 2.22. The average Bonchev–Trinajstić information content (AvgIpc) is 2.70. The van der Waals surface area contributed by atoms with Gasteiger partial charge in [-0.1, -0.05) is 0 Å². The van der Waals surface area contributed by atoms with Crippen LogP contribution in [0.15, 0.2) is 4.73 Å². The molecule has 1 aliphatic rings. The second kappa shape index (κ2) is 3.88. The van der Waals surface area contributed by atoms with Gasteiger partial charge in [-0.25, -0.2) is 4.68 Å². The van der Waals surface area contributed by atoms with Crippen LogP contribution in [-0.4, -0.2) is 27.9 Å². The van der Waals surface area contributed by atoms with Crippen molar-refractivity contribution in [1.82, 2.24) is 14.8 Å². The molecule has 1 saturated heterocycles. The van der Waals surface area contributed by atoms with E-state index in [-0.39, 0.29) is 0 Å². The highest BCUT2D eigenvalue weighted by Gasteiger charge is 2.20. The predicted molar refractivity (Wildman–Crippen MR) is 59.6 cm³/mol. The molecule has 0 aliphatic carbocycles. The number of rotatable bonds is 2. The van der Waals surface area contributed by atoms with Crippen molar-refractivity contribution in [2.24, 2.45) is 0 Å². The summed E-state index contributed by atoms with van der Waals surface area (Å²) in [6, 6.07) is 0.365. The minimum Gasteiger partial charge on any atom is -0.341 e. The van der Waals surface area contributed by atoms with Gasteiger partial charge < -0.3 is 4.90 Å². The summed E-state index contributed by atoms with van der Waals surface area (Å²) in [6.07, 6.45) is 2.53. The lowest BCUT2D eigenvalue weighted by Gasteiger charge is -2.18. The van der Waals surface area contributed by atoms with Crippen LogP contribution in [0.25, 0.3) is 0 Å². The summed E-state index contributed by atoms with van der Waals surface area (Å²) >= 11 is 3.33. The van der Waals surface area contributed by atoms with Crippen molar-refractivity contribution >= 4 is 21.9 Å². The molecule has 1 aliphatic heterocycles. The zero-order chi connectivity index (χ0) is 10.1. The first kappa shape index (κ1) is 9.96.